The highest BCUT2D eigenvalue weighted by atomic mass is 35.5. The van der Waals surface area contributed by atoms with E-state index >= 15 is 0 Å². The van der Waals surface area contributed by atoms with Crippen molar-refractivity contribution in [2.24, 2.45) is 0 Å². The Kier molecular flexibility index (Phi) is 4.43. The number of rotatable bonds is 2. The zero-order valence-electron chi connectivity index (χ0n) is 10.1. The van der Waals surface area contributed by atoms with Crippen molar-refractivity contribution < 1.29 is 0 Å². The molecule has 2 aliphatic heterocycles. The van der Waals surface area contributed by atoms with Crippen LogP contribution in [-0.2, 0) is 6.54 Å². The Balaban J connectivity index is 0.00000108. The molecular weight excluding hydrogens is 232 g/mol. The van der Waals surface area contributed by atoms with Gasteiger partial charge in [-0.05, 0) is 31.4 Å². The maximum Gasteiger partial charge on any atom is 0.0240 e. The molecule has 2 nitrogen and oxygen atoms in total. The first kappa shape index (κ1) is 12.9. The third-order valence-electron chi connectivity index (χ3n) is 4.01. The van der Waals surface area contributed by atoms with Crippen LogP contribution in [0.1, 0.15) is 24.8 Å². The molecule has 1 N–H and O–H groups in total. The lowest BCUT2D eigenvalue weighted by Gasteiger charge is -2.27. The third-order valence-corrected chi connectivity index (χ3v) is 4.01. The van der Waals surface area contributed by atoms with Crippen molar-refractivity contribution in [3.05, 3.63) is 35.9 Å². The second-order valence-electron chi connectivity index (χ2n) is 5.04. The minimum absolute atomic E-state index is 0. The van der Waals surface area contributed by atoms with Crippen LogP contribution in [0.25, 0.3) is 0 Å². The number of nitrogens with one attached hydrogen (secondary N) is 1. The first-order valence-electron chi connectivity index (χ1n) is 6.44. The highest BCUT2D eigenvalue weighted by Gasteiger charge is 2.34. The van der Waals surface area contributed by atoms with Gasteiger partial charge in [0.25, 0.3) is 0 Å². The van der Waals surface area contributed by atoms with E-state index in [0.29, 0.717) is 0 Å². The summed E-state index contributed by atoms with van der Waals surface area (Å²) >= 11 is 0. The summed E-state index contributed by atoms with van der Waals surface area (Å²) in [5.74, 6) is 0. The minimum Gasteiger partial charge on any atom is -0.315 e. The summed E-state index contributed by atoms with van der Waals surface area (Å²) in [6.45, 7) is 3.52. The van der Waals surface area contributed by atoms with E-state index in [1.807, 2.05) is 0 Å². The molecule has 2 saturated heterocycles. The van der Waals surface area contributed by atoms with Gasteiger partial charge >= 0.3 is 0 Å². The van der Waals surface area contributed by atoms with Gasteiger partial charge in [0.1, 0.15) is 0 Å². The fourth-order valence-corrected chi connectivity index (χ4v) is 3.13. The summed E-state index contributed by atoms with van der Waals surface area (Å²) in [7, 11) is 0. The molecule has 2 aliphatic rings. The van der Waals surface area contributed by atoms with Gasteiger partial charge in [-0.15, -0.1) is 12.4 Å². The summed E-state index contributed by atoms with van der Waals surface area (Å²) in [5, 5.41) is 3.55. The van der Waals surface area contributed by atoms with Crippen LogP contribution in [0.5, 0.6) is 0 Å². The van der Waals surface area contributed by atoms with Crippen molar-refractivity contribution in [1.82, 2.24) is 10.2 Å². The normalized spacial score (nSPS) is 28.5. The Bertz CT molecular complexity index is 327. The molecular formula is C14H21ClN2. The summed E-state index contributed by atoms with van der Waals surface area (Å²) in [6.07, 6.45) is 4.10. The molecule has 2 bridgehead atoms. The molecule has 17 heavy (non-hydrogen) atoms. The second kappa shape index (κ2) is 5.85. The fraction of sp³-hybridized carbons (Fsp3) is 0.571. The first-order chi connectivity index (χ1) is 7.93. The summed E-state index contributed by atoms with van der Waals surface area (Å²) in [6, 6.07) is 12.5. The molecule has 0 saturated carbocycles. The van der Waals surface area contributed by atoms with E-state index < -0.39 is 0 Å². The van der Waals surface area contributed by atoms with Crippen molar-refractivity contribution >= 4 is 12.4 Å². The van der Waals surface area contributed by atoms with Crippen LogP contribution in [-0.4, -0.2) is 30.1 Å². The second-order valence-corrected chi connectivity index (χ2v) is 5.04. The summed E-state index contributed by atoms with van der Waals surface area (Å²) in [4.78, 5) is 2.72. The van der Waals surface area contributed by atoms with Crippen molar-refractivity contribution in [2.45, 2.75) is 37.9 Å². The van der Waals surface area contributed by atoms with Crippen LogP contribution < -0.4 is 5.32 Å². The Hall–Kier alpha value is -0.570. The average Bonchev–Trinajstić information content (AvgIpc) is 2.54. The highest BCUT2D eigenvalue weighted by molar-refractivity contribution is 5.85. The molecule has 1 aromatic carbocycles. The van der Waals surface area contributed by atoms with E-state index in [1.165, 1.54) is 37.9 Å². The zero-order chi connectivity index (χ0) is 10.8. The molecule has 2 unspecified atom stereocenters. The van der Waals surface area contributed by atoms with Gasteiger partial charge < -0.3 is 5.32 Å². The fourth-order valence-electron chi connectivity index (χ4n) is 3.13. The molecule has 0 aromatic heterocycles. The van der Waals surface area contributed by atoms with E-state index in [2.05, 4.69) is 40.5 Å². The molecule has 0 aliphatic carbocycles. The SMILES string of the molecule is Cl.c1ccc(CN2C3CCNCC2CC3)cc1. The van der Waals surface area contributed by atoms with Crippen LogP contribution in [0, 0.1) is 0 Å². The zero-order valence-corrected chi connectivity index (χ0v) is 11.0. The molecule has 0 radical (unpaired) electrons. The van der Waals surface area contributed by atoms with E-state index in [9.17, 15) is 0 Å². The topological polar surface area (TPSA) is 15.3 Å². The summed E-state index contributed by atoms with van der Waals surface area (Å²) in [5.41, 5.74) is 1.46. The molecule has 2 heterocycles. The largest absolute Gasteiger partial charge is 0.315 e. The maximum atomic E-state index is 3.55. The lowest BCUT2D eigenvalue weighted by atomic mass is 10.1. The monoisotopic (exact) mass is 252 g/mol. The van der Waals surface area contributed by atoms with Gasteiger partial charge in [-0.25, -0.2) is 0 Å². The van der Waals surface area contributed by atoms with Crippen LogP contribution in [0.3, 0.4) is 0 Å². The van der Waals surface area contributed by atoms with Crippen LogP contribution >= 0.6 is 12.4 Å². The van der Waals surface area contributed by atoms with Crippen LogP contribution in [0.2, 0.25) is 0 Å². The van der Waals surface area contributed by atoms with Gasteiger partial charge in [-0.2, -0.15) is 0 Å². The van der Waals surface area contributed by atoms with Crippen molar-refractivity contribution in [2.75, 3.05) is 13.1 Å². The average molecular weight is 253 g/mol. The minimum atomic E-state index is 0. The highest BCUT2D eigenvalue weighted by Crippen LogP contribution is 2.29. The number of halogens is 1. The first-order valence-corrected chi connectivity index (χ1v) is 6.44. The van der Waals surface area contributed by atoms with Crippen LogP contribution in [0.4, 0.5) is 0 Å². The maximum absolute atomic E-state index is 3.55. The predicted octanol–water partition coefficient (Wildman–Crippen LogP) is 2.43. The third kappa shape index (κ3) is 2.82. The smallest absolute Gasteiger partial charge is 0.0240 e. The number of fused-ring (bicyclic) bond motifs is 2. The van der Waals surface area contributed by atoms with Gasteiger partial charge in [0.15, 0.2) is 0 Å². The molecule has 2 fully saturated rings. The molecule has 94 valence electrons. The predicted molar refractivity (Wildman–Crippen MR) is 73.5 cm³/mol. The lowest BCUT2D eigenvalue weighted by Crippen LogP contribution is -2.37. The quantitative estimate of drug-likeness (QED) is 0.870. The molecule has 2 atom stereocenters. The standard InChI is InChI=1S/C14H20N2.ClH/c1-2-4-12(5-3-1)11-16-13-6-7-14(16)10-15-9-8-13;/h1-5,13-15H,6-11H2;1H. The van der Waals surface area contributed by atoms with E-state index in [0.717, 1.165) is 18.6 Å². The van der Waals surface area contributed by atoms with E-state index in [4.69, 9.17) is 0 Å². The van der Waals surface area contributed by atoms with Gasteiger partial charge in [0.2, 0.25) is 0 Å². The Morgan fingerprint density at radius 1 is 1.06 bits per heavy atom. The molecule has 1 aromatic rings. The summed E-state index contributed by atoms with van der Waals surface area (Å²) < 4.78 is 0. The number of hydrogen-bond acceptors (Lipinski definition) is 2. The van der Waals surface area contributed by atoms with Crippen molar-refractivity contribution in [1.29, 1.82) is 0 Å². The molecule has 0 amide bonds. The van der Waals surface area contributed by atoms with Gasteiger partial charge in [-0.3, -0.25) is 4.90 Å². The van der Waals surface area contributed by atoms with Gasteiger partial charge in [0.05, 0.1) is 0 Å². The van der Waals surface area contributed by atoms with Gasteiger partial charge in [0, 0.05) is 25.2 Å². The Morgan fingerprint density at radius 3 is 2.65 bits per heavy atom. The van der Waals surface area contributed by atoms with Crippen molar-refractivity contribution in [3.63, 3.8) is 0 Å². The number of benzene rings is 1. The Morgan fingerprint density at radius 2 is 1.82 bits per heavy atom. The molecule has 0 spiro atoms. The van der Waals surface area contributed by atoms with Crippen LogP contribution in [0.15, 0.2) is 30.3 Å². The molecule has 3 rings (SSSR count). The van der Waals surface area contributed by atoms with Gasteiger partial charge in [-0.1, -0.05) is 30.3 Å². The number of hydrogen-bond donors (Lipinski definition) is 1. The van der Waals surface area contributed by atoms with Crippen molar-refractivity contribution in [3.8, 4) is 0 Å². The Labute approximate surface area is 110 Å². The van der Waals surface area contributed by atoms with E-state index in [1.54, 1.807) is 0 Å². The molecule has 3 heteroatoms. The number of nitrogens with zero attached hydrogens (tertiary/aromatic N) is 1. The van der Waals surface area contributed by atoms with E-state index in [-0.39, 0.29) is 12.4 Å². The lowest BCUT2D eigenvalue weighted by molar-refractivity contribution is 0.193.